The van der Waals surface area contributed by atoms with Crippen LogP contribution in [0.15, 0.2) is 59.3 Å². The minimum absolute atomic E-state index is 0.0848. The number of sulfonamides is 1. The van der Waals surface area contributed by atoms with Gasteiger partial charge in [0, 0.05) is 40.5 Å². The summed E-state index contributed by atoms with van der Waals surface area (Å²) < 4.78 is 57.0. The quantitative estimate of drug-likeness (QED) is 0.143. The molecule has 0 bridgehead atoms. The zero-order valence-corrected chi connectivity index (χ0v) is 26.5. The number of nitrogens with zero attached hydrogens (tertiary/aromatic N) is 3. The number of pyridine rings is 1. The number of carbonyl (C=O) groups excluding carboxylic acids is 1. The molecular formula is C33H38FN3O5S. The van der Waals surface area contributed by atoms with Crippen molar-refractivity contribution in [2.75, 3.05) is 6.61 Å². The summed E-state index contributed by atoms with van der Waals surface area (Å²) in [6.07, 6.45) is 4.44. The molecule has 43 heavy (non-hydrogen) atoms. The second-order valence-corrected chi connectivity index (χ2v) is 14.0. The Kier molecular flexibility index (Phi) is 9.39. The van der Waals surface area contributed by atoms with Crippen LogP contribution in [0.3, 0.4) is 0 Å². The number of carbonyl (C=O) groups is 1. The predicted octanol–water partition coefficient (Wildman–Crippen LogP) is 6.96. The second kappa shape index (κ2) is 12.7. The highest BCUT2D eigenvalue weighted by Gasteiger charge is 2.28. The molecule has 0 aliphatic rings. The first-order chi connectivity index (χ1) is 20.2. The van der Waals surface area contributed by atoms with Gasteiger partial charge in [0.15, 0.2) is 5.82 Å². The van der Waals surface area contributed by atoms with Crippen molar-refractivity contribution >= 4 is 33.1 Å². The van der Waals surface area contributed by atoms with Crippen molar-refractivity contribution in [2.24, 2.45) is 4.40 Å². The van der Waals surface area contributed by atoms with E-state index in [1.54, 1.807) is 13.0 Å². The lowest BCUT2D eigenvalue weighted by atomic mass is 9.98. The fraction of sp³-hybridized carbons (Fsp3) is 0.364. The third kappa shape index (κ3) is 7.13. The molecule has 228 valence electrons. The third-order valence-electron chi connectivity index (χ3n) is 7.01. The fourth-order valence-electron chi connectivity index (χ4n) is 4.58. The van der Waals surface area contributed by atoms with Crippen molar-refractivity contribution in [1.82, 2.24) is 9.55 Å². The summed E-state index contributed by atoms with van der Waals surface area (Å²) >= 11 is 0. The average molecular weight is 608 g/mol. The summed E-state index contributed by atoms with van der Waals surface area (Å²) in [7, 11) is -3.88. The number of halogens is 1. The molecule has 0 fully saturated rings. The number of hydrogen-bond donors (Lipinski definition) is 0. The monoisotopic (exact) mass is 607 g/mol. The van der Waals surface area contributed by atoms with Gasteiger partial charge in [-0.05, 0) is 95.5 Å². The molecule has 0 aliphatic carbocycles. The van der Waals surface area contributed by atoms with Crippen LogP contribution in [0.5, 0.6) is 5.75 Å². The molecule has 10 heteroatoms. The van der Waals surface area contributed by atoms with Crippen LogP contribution >= 0.6 is 0 Å². The summed E-state index contributed by atoms with van der Waals surface area (Å²) in [6, 6.07) is 13.2. The molecule has 0 atom stereocenters. The molecule has 0 N–H and O–H groups in total. The Balaban J connectivity index is 1.77. The zero-order valence-electron chi connectivity index (χ0n) is 25.6. The molecule has 8 nitrogen and oxygen atoms in total. The van der Waals surface area contributed by atoms with Gasteiger partial charge in [0.1, 0.15) is 18.1 Å². The SMILES string of the molecule is CCOC(=O)Cc1ccc(C)cc1OCc1cc(-c2ccnc(C=NS(=O)(=O)C(C)(C)C)c2F)c2ccn(C(C)C)c2c1. The summed E-state index contributed by atoms with van der Waals surface area (Å²) in [6.45, 7) is 12.9. The Morgan fingerprint density at radius 3 is 2.53 bits per heavy atom. The number of hydrogen-bond acceptors (Lipinski definition) is 6. The van der Waals surface area contributed by atoms with E-state index in [0.29, 0.717) is 23.5 Å². The molecule has 0 aliphatic heterocycles. The molecule has 0 spiro atoms. The second-order valence-electron chi connectivity index (χ2n) is 11.7. The van der Waals surface area contributed by atoms with Gasteiger partial charge in [-0.1, -0.05) is 12.1 Å². The number of rotatable bonds is 10. The number of benzene rings is 2. The molecule has 2 heterocycles. The maximum Gasteiger partial charge on any atom is 0.310 e. The average Bonchev–Trinajstić information content (AvgIpc) is 3.36. The fourth-order valence-corrected chi connectivity index (χ4v) is 5.14. The first-order valence-electron chi connectivity index (χ1n) is 14.2. The van der Waals surface area contributed by atoms with Gasteiger partial charge in [0.2, 0.25) is 0 Å². The van der Waals surface area contributed by atoms with E-state index in [4.69, 9.17) is 9.47 Å². The van der Waals surface area contributed by atoms with Crippen LogP contribution in [0.2, 0.25) is 0 Å². The smallest absolute Gasteiger partial charge is 0.310 e. The lowest BCUT2D eigenvalue weighted by Crippen LogP contribution is -2.25. The van der Waals surface area contributed by atoms with E-state index in [1.165, 1.54) is 27.0 Å². The molecule has 0 radical (unpaired) electrons. The maximum atomic E-state index is 16.0. The molecule has 2 aromatic carbocycles. The van der Waals surface area contributed by atoms with E-state index in [2.05, 4.69) is 27.8 Å². The normalized spacial score (nSPS) is 12.4. The maximum absolute atomic E-state index is 16.0. The third-order valence-corrected chi connectivity index (χ3v) is 8.94. The van der Waals surface area contributed by atoms with E-state index < -0.39 is 20.6 Å². The van der Waals surface area contributed by atoms with Crippen molar-refractivity contribution in [3.05, 3.63) is 83.1 Å². The highest BCUT2D eigenvalue weighted by atomic mass is 32.2. The number of aryl methyl sites for hydroxylation is 1. The van der Waals surface area contributed by atoms with Crippen molar-refractivity contribution < 1.29 is 27.1 Å². The van der Waals surface area contributed by atoms with Gasteiger partial charge >= 0.3 is 5.97 Å². The molecule has 4 aromatic rings. The Morgan fingerprint density at radius 2 is 1.86 bits per heavy atom. The Labute approximate surface area is 252 Å². The van der Waals surface area contributed by atoms with Gasteiger partial charge in [-0.15, -0.1) is 0 Å². The molecule has 2 aromatic heterocycles. The van der Waals surface area contributed by atoms with E-state index in [1.807, 2.05) is 49.5 Å². The van der Waals surface area contributed by atoms with Crippen LogP contribution in [0.4, 0.5) is 4.39 Å². The largest absolute Gasteiger partial charge is 0.489 e. The van der Waals surface area contributed by atoms with E-state index >= 15 is 4.39 Å². The van der Waals surface area contributed by atoms with Crippen molar-refractivity contribution in [1.29, 1.82) is 0 Å². The van der Waals surface area contributed by atoms with E-state index in [-0.39, 0.29) is 36.3 Å². The lowest BCUT2D eigenvalue weighted by molar-refractivity contribution is -0.142. The molecule has 0 amide bonds. The molecule has 0 saturated heterocycles. The number of fused-ring (bicyclic) bond motifs is 1. The first-order valence-corrected chi connectivity index (χ1v) is 15.6. The summed E-state index contributed by atoms with van der Waals surface area (Å²) in [4.78, 5) is 16.2. The highest BCUT2D eigenvalue weighted by molar-refractivity contribution is 7.91. The van der Waals surface area contributed by atoms with Gasteiger partial charge in [-0.2, -0.15) is 4.40 Å². The van der Waals surface area contributed by atoms with Gasteiger partial charge in [-0.3, -0.25) is 9.78 Å². The van der Waals surface area contributed by atoms with Crippen LogP contribution in [-0.2, 0) is 32.6 Å². The van der Waals surface area contributed by atoms with Crippen molar-refractivity contribution in [3.8, 4) is 16.9 Å². The summed E-state index contributed by atoms with van der Waals surface area (Å²) in [5, 5.41) is 0.825. The van der Waals surface area contributed by atoms with Crippen LogP contribution in [-0.4, -0.2) is 41.5 Å². The minimum Gasteiger partial charge on any atom is -0.489 e. The highest BCUT2D eigenvalue weighted by Crippen LogP contribution is 2.35. The van der Waals surface area contributed by atoms with Gasteiger partial charge in [0.25, 0.3) is 10.0 Å². The van der Waals surface area contributed by atoms with Crippen LogP contribution in [0.1, 0.15) is 70.0 Å². The Bertz CT molecular complexity index is 1790. The molecule has 4 rings (SSSR count). The number of aromatic nitrogens is 2. The molecule has 0 unspecified atom stereocenters. The van der Waals surface area contributed by atoms with Crippen molar-refractivity contribution in [3.63, 3.8) is 0 Å². The predicted molar refractivity (Wildman–Crippen MR) is 168 cm³/mol. The summed E-state index contributed by atoms with van der Waals surface area (Å²) in [5.74, 6) is -0.442. The lowest BCUT2D eigenvalue weighted by Gasteiger charge is -2.16. The minimum atomic E-state index is -3.88. The topological polar surface area (TPSA) is 99.8 Å². The summed E-state index contributed by atoms with van der Waals surface area (Å²) in [5.41, 5.74) is 4.07. The molecular weight excluding hydrogens is 569 g/mol. The standard InChI is InChI=1S/C33H38FN3O5S/c1-8-41-31(38)18-24-10-9-22(4)15-30(24)42-20-23-16-27(25-12-14-37(21(2)3)29(25)17-23)26-11-13-35-28(32(26)34)19-36-43(39,40)33(5,6)7/h9-17,19,21H,8,18,20H2,1-7H3. The van der Waals surface area contributed by atoms with Crippen molar-refractivity contribution in [2.45, 2.75) is 72.3 Å². The zero-order chi connectivity index (χ0) is 31.5. The molecule has 0 saturated carbocycles. The Morgan fingerprint density at radius 1 is 1.12 bits per heavy atom. The number of esters is 1. The Hall–Kier alpha value is -4.05. The van der Waals surface area contributed by atoms with Gasteiger partial charge in [0.05, 0.1) is 24.0 Å². The number of ether oxygens (including phenoxy) is 2. The van der Waals surface area contributed by atoms with Crippen LogP contribution in [0.25, 0.3) is 22.0 Å². The van der Waals surface area contributed by atoms with E-state index in [0.717, 1.165) is 28.2 Å². The van der Waals surface area contributed by atoms with Crippen LogP contribution < -0.4 is 4.74 Å². The van der Waals surface area contributed by atoms with Gasteiger partial charge in [-0.25, -0.2) is 12.8 Å². The van der Waals surface area contributed by atoms with E-state index in [9.17, 15) is 13.2 Å². The van der Waals surface area contributed by atoms with Gasteiger partial charge < -0.3 is 14.0 Å². The van der Waals surface area contributed by atoms with Crippen LogP contribution in [0, 0.1) is 12.7 Å². The first kappa shape index (κ1) is 31.9.